The smallest absolute Gasteiger partial charge is 0.369 e. The summed E-state index contributed by atoms with van der Waals surface area (Å²) >= 11 is 6.37. The van der Waals surface area contributed by atoms with Gasteiger partial charge in [-0.2, -0.15) is 23.3 Å². The van der Waals surface area contributed by atoms with Crippen LogP contribution in [0.1, 0.15) is 61.9 Å². The Morgan fingerprint density at radius 1 is 0.970 bits per heavy atom. The van der Waals surface area contributed by atoms with Gasteiger partial charge in [0, 0.05) is 16.3 Å². The fourth-order valence-electron chi connectivity index (χ4n) is 5.35. The highest BCUT2D eigenvalue weighted by atomic mass is 35.5. The monoisotopic (exact) mass is 479 g/mol. The van der Waals surface area contributed by atoms with E-state index in [1.807, 2.05) is 0 Å². The number of rotatable bonds is 2. The number of nitrogens with zero attached hydrogens (tertiary/aromatic N) is 5. The lowest BCUT2D eigenvalue weighted by atomic mass is 9.87. The molecule has 0 bridgehead atoms. The van der Waals surface area contributed by atoms with Gasteiger partial charge in [0.05, 0.1) is 11.4 Å². The SMILES string of the molecule is NC1=NC2(CCCCC2)N(c2cc(Cl)ccc2-n2nc(C(F)(F)F)c3c2CCCC3)C(N)=N1. The van der Waals surface area contributed by atoms with Crippen LogP contribution >= 0.6 is 11.6 Å². The Balaban J connectivity index is 1.72. The highest BCUT2D eigenvalue weighted by molar-refractivity contribution is 6.31. The van der Waals surface area contributed by atoms with E-state index in [1.54, 1.807) is 23.1 Å². The second kappa shape index (κ2) is 7.93. The van der Waals surface area contributed by atoms with Gasteiger partial charge in [-0.3, -0.25) is 4.90 Å². The van der Waals surface area contributed by atoms with Crippen molar-refractivity contribution in [2.24, 2.45) is 21.5 Å². The first-order valence-corrected chi connectivity index (χ1v) is 11.5. The van der Waals surface area contributed by atoms with Crippen molar-refractivity contribution in [1.29, 1.82) is 0 Å². The Kier molecular flexibility index (Phi) is 5.30. The van der Waals surface area contributed by atoms with Crippen molar-refractivity contribution in [3.8, 4) is 5.69 Å². The van der Waals surface area contributed by atoms with E-state index in [0.717, 1.165) is 25.7 Å². The third kappa shape index (κ3) is 3.74. The maximum absolute atomic E-state index is 13.8. The molecule has 2 aliphatic carbocycles. The van der Waals surface area contributed by atoms with Gasteiger partial charge in [-0.05, 0) is 69.6 Å². The Labute approximate surface area is 194 Å². The number of halogens is 4. The number of aromatic nitrogens is 2. The molecule has 0 saturated heterocycles. The van der Waals surface area contributed by atoms with Crippen molar-refractivity contribution in [2.75, 3.05) is 4.90 Å². The third-order valence-corrected chi connectivity index (χ3v) is 6.94. The summed E-state index contributed by atoms with van der Waals surface area (Å²) in [4.78, 5) is 10.6. The molecule has 11 heteroatoms. The molecule has 1 aromatic heterocycles. The van der Waals surface area contributed by atoms with Crippen LogP contribution in [0.5, 0.6) is 0 Å². The van der Waals surface area contributed by atoms with Crippen LogP contribution in [0.4, 0.5) is 18.9 Å². The van der Waals surface area contributed by atoms with Gasteiger partial charge < -0.3 is 11.5 Å². The van der Waals surface area contributed by atoms with Gasteiger partial charge in [-0.15, -0.1) is 0 Å². The topological polar surface area (TPSA) is 97.8 Å². The number of hydrogen-bond acceptors (Lipinski definition) is 6. The van der Waals surface area contributed by atoms with Gasteiger partial charge in [0.25, 0.3) is 0 Å². The molecule has 0 unspecified atom stereocenters. The Hall–Kier alpha value is -2.75. The molecule has 0 atom stereocenters. The minimum absolute atomic E-state index is 0.102. The first-order valence-electron chi connectivity index (χ1n) is 11.2. The summed E-state index contributed by atoms with van der Waals surface area (Å²) in [5, 5.41) is 4.50. The molecule has 176 valence electrons. The number of fused-ring (bicyclic) bond motifs is 1. The number of hydrogen-bond donors (Lipinski definition) is 2. The third-order valence-electron chi connectivity index (χ3n) is 6.71. The molecule has 33 heavy (non-hydrogen) atoms. The van der Waals surface area contributed by atoms with Crippen molar-refractivity contribution < 1.29 is 13.2 Å². The Morgan fingerprint density at radius 2 is 1.70 bits per heavy atom. The molecule has 0 radical (unpaired) electrons. The van der Waals surface area contributed by atoms with Crippen molar-refractivity contribution in [3.63, 3.8) is 0 Å². The van der Waals surface area contributed by atoms with Crippen LogP contribution in [-0.4, -0.2) is 27.4 Å². The number of anilines is 1. The largest absolute Gasteiger partial charge is 0.435 e. The quantitative estimate of drug-likeness (QED) is 0.661. The average molecular weight is 480 g/mol. The van der Waals surface area contributed by atoms with Crippen LogP contribution in [0.25, 0.3) is 5.69 Å². The average Bonchev–Trinajstić information content (AvgIpc) is 3.14. The van der Waals surface area contributed by atoms with E-state index >= 15 is 0 Å². The summed E-state index contributed by atoms with van der Waals surface area (Å²) in [5.74, 6) is 0.245. The molecule has 4 N–H and O–H groups in total. The highest BCUT2D eigenvalue weighted by Gasteiger charge is 2.45. The molecular formula is C22H25ClF3N7. The lowest BCUT2D eigenvalue weighted by molar-refractivity contribution is -0.142. The van der Waals surface area contributed by atoms with Crippen molar-refractivity contribution in [2.45, 2.75) is 69.6 Å². The summed E-state index contributed by atoms with van der Waals surface area (Å²) in [7, 11) is 0. The van der Waals surface area contributed by atoms with Crippen molar-refractivity contribution in [3.05, 3.63) is 40.2 Å². The lowest BCUT2D eigenvalue weighted by Gasteiger charge is -2.46. The molecule has 1 saturated carbocycles. The van der Waals surface area contributed by atoms with Crippen LogP contribution in [0.3, 0.4) is 0 Å². The van der Waals surface area contributed by atoms with E-state index in [-0.39, 0.29) is 17.5 Å². The first-order chi connectivity index (χ1) is 15.7. The fourth-order valence-corrected chi connectivity index (χ4v) is 5.52. The molecule has 0 amide bonds. The van der Waals surface area contributed by atoms with Gasteiger partial charge in [-0.25, -0.2) is 9.67 Å². The number of guanidine groups is 2. The highest BCUT2D eigenvalue weighted by Crippen LogP contribution is 2.44. The first kappa shape index (κ1) is 22.1. The van der Waals surface area contributed by atoms with E-state index in [2.05, 4.69) is 15.1 Å². The Morgan fingerprint density at radius 3 is 2.42 bits per heavy atom. The molecule has 5 rings (SSSR count). The molecule has 2 heterocycles. The normalized spacial score (nSPS) is 20.4. The van der Waals surface area contributed by atoms with Crippen LogP contribution in [0, 0.1) is 0 Å². The number of benzene rings is 1. The predicted molar refractivity (Wildman–Crippen MR) is 122 cm³/mol. The minimum Gasteiger partial charge on any atom is -0.369 e. The molecule has 1 fully saturated rings. The van der Waals surface area contributed by atoms with E-state index in [0.29, 0.717) is 54.2 Å². The standard InChI is InChI=1S/C22H25ClF3N7/c23-13-8-9-16(33-15-7-3-2-6-14(15)18(31-33)22(24,25)26)17(12-13)32-20(28)29-19(27)30-21(32)10-4-1-5-11-21/h8-9,12H,1-7,10-11H2,(H4,27,28,29,30). The molecule has 1 spiro atoms. The van der Waals surface area contributed by atoms with Crippen LogP contribution < -0.4 is 16.4 Å². The summed E-state index contributed by atoms with van der Waals surface area (Å²) in [6.07, 6.45) is 2.14. The molecular weight excluding hydrogens is 455 g/mol. The van der Waals surface area contributed by atoms with Crippen molar-refractivity contribution in [1.82, 2.24) is 9.78 Å². The number of aliphatic imine (C=N–C) groups is 2. The maximum Gasteiger partial charge on any atom is 0.435 e. The van der Waals surface area contributed by atoms with E-state index in [9.17, 15) is 13.2 Å². The summed E-state index contributed by atoms with van der Waals surface area (Å²) < 4.78 is 42.9. The summed E-state index contributed by atoms with van der Waals surface area (Å²) in [5.41, 5.74) is 12.6. The van der Waals surface area contributed by atoms with E-state index < -0.39 is 17.5 Å². The van der Waals surface area contributed by atoms with E-state index in [4.69, 9.17) is 23.1 Å². The fraction of sp³-hybridized carbons (Fsp3) is 0.500. The predicted octanol–water partition coefficient (Wildman–Crippen LogP) is 4.53. The number of nitrogens with two attached hydrogens (primary N) is 2. The summed E-state index contributed by atoms with van der Waals surface area (Å²) in [6, 6.07) is 5.02. The number of alkyl halides is 3. The molecule has 1 aromatic carbocycles. The van der Waals surface area contributed by atoms with E-state index in [1.165, 1.54) is 4.68 Å². The van der Waals surface area contributed by atoms with Crippen LogP contribution in [0.15, 0.2) is 28.2 Å². The maximum atomic E-state index is 13.8. The van der Waals surface area contributed by atoms with Gasteiger partial charge in [0.1, 0.15) is 5.66 Å². The van der Waals surface area contributed by atoms with Crippen molar-refractivity contribution >= 4 is 29.2 Å². The van der Waals surface area contributed by atoms with Gasteiger partial charge in [0.2, 0.25) is 11.9 Å². The van der Waals surface area contributed by atoms with Gasteiger partial charge in [0.15, 0.2) is 5.69 Å². The Bertz CT molecular complexity index is 1150. The van der Waals surface area contributed by atoms with Gasteiger partial charge in [-0.1, -0.05) is 18.0 Å². The molecule has 1 aliphatic heterocycles. The molecule has 2 aromatic rings. The second-order valence-electron chi connectivity index (χ2n) is 8.84. The zero-order chi connectivity index (χ0) is 23.4. The molecule has 3 aliphatic rings. The van der Waals surface area contributed by atoms with Crippen LogP contribution in [-0.2, 0) is 19.0 Å². The van der Waals surface area contributed by atoms with Gasteiger partial charge >= 0.3 is 6.18 Å². The van der Waals surface area contributed by atoms with Crippen LogP contribution in [0.2, 0.25) is 5.02 Å². The summed E-state index contributed by atoms with van der Waals surface area (Å²) in [6.45, 7) is 0. The zero-order valence-electron chi connectivity index (χ0n) is 18.0. The zero-order valence-corrected chi connectivity index (χ0v) is 18.8. The lowest BCUT2D eigenvalue weighted by Crippen LogP contribution is -2.58. The second-order valence-corrected chi connectivity index (χ2v) is 9.28. The molecule has 7 nitrogen and oxygen atoms in total. The minimum atomic E-state index is -4.53.